The van der Waals surface area contributed by atoms with Crippen LogP contribution < -0.4 is 10.1 Å². The summed E-state index contributed by atoms with van der Waals surface area (Å²) in [7, 11) is 1.38. The number of carbonyl (C=O) groups is 1. The van der Waals surface area contributed by atoms with Gasteiger partial charge in [-0.15, -0.1) is 0 Å². The third-order valence-electron chi connectivity index (χ3n) is 2.77. The molecule has 112 valence electrons. The molecule has 1 aromatic carbocycles. The van der Waals surface area contributed by atoms with Crippen molar-refractivity contribution in [1.82, 2.24) is 5.32 Å². The van der Waals surface area contributed by atoms with E-state index in [2.05, 4.69) is 5.32 Å². The van der Waals surface area contributed by atoms with Crippen molar-refractivity contribution >= 4 is 17.7 Å². The summed E-state index contributed by atoms with van der Waals surface area (Å²) in [5.74, 6) is 1.71. The van der Waals surface area contributed by atoms with Crippen molar-refractivity contribution in [3.05, 3.63) is 53.7 Å². The number of thioether (sulfide) groups is 1. The summed E-state index contributed by atoms with van der Waals surface area (Å²) in [5, 5.41) is 2.75. The highest BCUT2D eigenvalue weighted by molar-refractivity contribution is 7.98. The van der Waals surface area contributed by atoms with E-state index in [1.54, 1.807) is 18.0 Å². The van der Waals surface area contributed by atoms with Gasteiger partial charge in [-0.25, -0.2) is 4.39 Å². The van der Waals surface area contributed by atoms with Gasteiger partial charge in [0.15, 0.2) is 11.6 Å². The lowest BCUT2D eigenvalue weighted by Crippen LogP contribution is -2.25. The van der Waals surface area contributed by atoms with Gasteiger partial charge in [-0.2, -0.15) is 11.8 Å². The molecule has 6 heteroatoms. The maximum absolute atomic E-state index is 13.5. The Bertz CT molecular complexity index is 587. The molecule has 0 unspecified atom stereocenters. The summed E-state index contributed by atoms with van der Waals surface area (Å²) in [6, 6.07) is 7.90. The molecule has 1 aromatic heterocycles. The molecular formula is C15H16FNO3S. The Labute approximate surface area is 126 Å². The van der Waals surface area contributed by atoms with Crippen LogP contribution in [0.25, 0.3) is 0 Å². The quantitative estimate of drug-likeness (QED) is 0.799. The van der Waals surface area contributed by atoms with Gasteiger partial charge in [0.05, 0.1) is 19.1 Å². The molecule has 2 rings (SSSR count). The van der Waals surface area contributed by atoms with Crippen LogP contribution >= 0.6 is 11.8 Å². The molecule has 0 aliphatic rings. The lowest BCUT2D eigenvalue weighted by atomic mass is 10.2. The van der Waals surface area contributed by atoms with E-state index in [1.807, 2.05) is 12.1 Å². The van der Waals surface area contributed by atoms with Crippen LogP contribution in [-0.4, -0.2) is 25.3 Å². The first-order valence-corrected chi connectivity index (χ1v) is 7.58. The summed E-state index contributed by atoms with van der Waals surface area (Å²) in [4.78, 5) is 11.8. The van der Waals surface area contributed by atoms with Gasteiger partial charge in [0.25, 0.3) is 5.91 Å². The van der Waals surface area contributed by atoms with Crippen molar-refractivity contribution in [2.24, 2.45) is 0 Å². The molecule has 0 bridgehead atoms. The summed E-state index contributed by atoms with van der Waals surface area (Å²) in [6.07, 6.45) is 1.63. The largest absolute Gasteiger partial charge is 0.494 e. The maximum Gasteiger partial charge on any atom is 0.251 e. The molecule has 1 heterocycles. The van der Waals surface area contributed by atoms with Crippen molar-refractivity contribution in [3.63, 3.8) is 0 Å². The minimum Gasteiger partial charge on any atom is -0.494 e. The smallest absolute Gasteiger partial charge is 0.251 e. The van der Waals surface area contributed by atoms with Crippen molar-refractivity contribution in [2.45, 2.75) is 5.75 Å². The Morgan fingerprint density at radius 3 is 2.95 bits per heavy atom. The van der Waals surface area contributed by atoms with Gasteiger partial charge in [-0.05, 0) is 30.3 Å². The normalized spacial score (nSPS) is 10.4. The number of ether oxygens (including phenoxy) is 1. The molecule has 0 aliphatic carbocycles. The Morgan fingerprint density at radius 2 is 2.29 bits per heavy atom. The molecular weight excluding hydrogens is 293 g/mol. The van der Waals surface area contributed by atoms with Crippen LogP contribution in [0.1, 0.15) is 16.1 Å². The minimum absolute atomic E-state index is 0.126. The molecule has 0 aliphatic heterocycles. The Morgan fingerprint density at radius 1 is 1.43 bits per heavy atom. The van der Waals surface area contributed by atoms with Crippen LogP contribution in [-0.2, 0) is 5.75 Å². The molecule has 1 N–H and O–H groups in total. The van der Waals surface area contributed by atoms with E-state index in [1.165, 1.54) is 25.3 Å². The van der Waals surface area contributed by atoms with E-state index in [4.69, 9.17) is 9.15 Å². The van der Waals surface area contributed by atoms with Gasteiger partial charge in [-0.1, -0.05) is 0 Å². The average molecular weight is 309 g/mol. The number of nitrogens with one attached hydrogen (secondary N) is 1. The van der Waals surface area contributed by atoms with E-state index >= 15 is 0 Å². The summed E-state index contributed by atoms with van der Waals surface area (Å²) in [5.41, 5.74) is 0.282. The standard InChI is InChI=1S/C15H16FNO3S/c1-19-14-5-4-11(9-13(14)16)15(18)17-6-8-21-10-12-3-2-7-20-12/h2-5,7,9H,6,8,10H2,1H3,(H,17,18). The van der Waals surface area contributed by atoms with E-state index < -0.39 is 5.82 Å². The van der Waals surface area contributed by atoms with Crippen LogP contribution in [0.4, 0.5) is 4.39 Å². The third-order valence-corrected chi connectivity index (χ3v) is 3.75. The van der Waals surface area contributed by atoms with Crippen LogP contribution in [0.5, 0.6) is 5.75 Å². The van der Waals surface area contributed by atoms with E-state index in [0.717, 1.165) is 17.3 Å². The van der Waals surface area contributed by atoms with Gasteiger partial charge >= 0.3 is 0 Å². The second-order valence-corrected chi connectivity index (χ2v) is 5.34. The lowest BCUT2D eigenvalue weighted by Gasteiger charge is -2.06. The molecule has 0 radical (unpaired) electrons. The number of rotatable bonds is 7. The number of hydrogen-bond acceptors (Lipinski definition) is 4. The summed E-state index contributed by atoms with van der Waals surface area (Å²) in [6.45, 7) is 0.512. The molecule has 2 aromatic rings. The number of amides is 1. The molecule has 0 fully saturated rings. The van der Waals surface area contributed by atoms with Crippen molar-refractivity contribution in [1.29, 1.82) is 0 Å². The van der Waals surface area contributed by atoms with Crippen LogP contribution in [0, 0.1) is 5.82 Å². The first-order chi connectivity index (χ1) is 10.2. The van der Waals surface area contributed by atoms with Crippen molar-refractivity contribution < 1.29 is 18.3 Å². The summed E-state index contributed by atoms with van der Waals surface area (Å²) >= 11 is 1.65. The van der Waals surface area contributed by atoms with Gasteiger partial charge < -0.3 is 14.5 Å². The van der Waals surface area contributed by atoms with Gasteiger partial charge in [0.2, 0.25) is 0 Å². The molecule has 0 saturated heterocycles. The highest BCUT2D eigenvalue weighted by Gasteiger charge is 2.09. The Kier molecular flexibility index (Phi) is 5.68. The van der Waals surface area contributed by atoms with Gasteiger partial charge in [-0.3, -0.25) is 4.79 Å². The van der Waals surface area contributed by atoms with Crippen LogP contribution in [0.2, 0.25) is 0 Å². The zero-order valence-electron chi connectivity index (χ0n) is 11.6. The Hall–Kier alpha value is -1.95. The van der Waals surface area contributed by atoms with E-state index in [9.17, 15) is 9.18 Å². The number of halogens is 1. The second kappa shape index (κ2) is 7.73. The zero-order valence-corrected chi connectivity index (χ0v) is 12.4. The molecule has 1 amide bonds. The number of furan rings is 1. The molecule has 21 heavy (non-hydrogen) atoms. The highest BCUT2D eigenvalue weighted by atomic mass is 32.2. The SMILES string of the molecule is COc1ccc(C(=O)NCCSCc2ccco2)cc1F. The third kappa shape index (κ3) is 4.53. The first-order valence-electron chi connectivity index (χ1n) is 6.42. The average Bonchev–Trinajstić information content (AvgIpc) is 3.00. The number of carbonyl (C=O) groups excluding carboxylic acids is 1. The molecule has 0 spiro atoms. The van der Waals surface area contributed by atoms with Crippen LogP contribution in [0.15, 0.2) is 41.0 Å². The molecule has 0 atom stereocenters. The Balaban J connectivity index is 1.73. The fourth-order valence-corrected chi connectivity index (χ4v) is 2.47. The lowest BCUT2D eigenvalue weighted by molar-refractivity contribution is 0.0955. The minimum atomic E-state index is -0.544. The van der Waals surface area contributed by atoms with Gasteiger partial charge in [0, 0.05) is 17.9 Å². The predicted molar refractivity (Wildman–Crippen MR) is 80.2 cm³/mol. The number of benzene rings is 1. The fourth-order valence-electron chi connectivity index (χ4n) is 1.71. The molecule has 0 saturated carbocycles. The summed E-state index contributed by atoms with van der Waals surface area (Å²) < 4.78 is 23.5. The molecule has 4 nitrogen and oxygen atoms in total. The van der Waals surface area contributed by atoms with Crippen molar-refractivity contribution in [3.8, 4) is 5.75 Å². The fraction of sp³-hybridized carbons (Fsp3) is 0.267. The monoisotopic (exact) mass is 309 g/mol. The first kappa shape index (κ1) is 15.4. The van der Waals surface area contributed by atoms with Crippen molar-refractivity contribution in [2.75, 3.05) is 19.4 Å². The predicted octanol–water partition coefficient (Wildman–Crippen LogP) is 3.09. The van der Waals surface area contributed by atoms with E-state index in [-0.39, 0.29) is 17.2 Å². The van der Waals surface area contributed by atoms with Gasteiger partial charge in [0.1, 0.15) is 5.76 Å². The maximum atomic E-state index is 13.5. The topological polar surface area (TPSA) is 51.5 Å². The number of hydrogen-bond donors (Lipinski definition) is 1. The zero-order chi connectivity index (χ0) is 15.1. The second-order valence-electron chi connectivity index (χ2n) is 4.24. The number of methoxy groups -OCH3 is 1. The van der Waals surface area contributed by atoms with E-state index in [0.29, 0.717) is 6.54 Å². The van der Waals surface area contributed by atoms with Crippen LogP contribution in [0.3, 0.4) is 0 Å². The highest BCUT2D eigenvalue weighted by Crippen LogP contribution is 2.17.